The van der Waals surface area contributed by atoms with Gasteiger partial charge in [-0.05, 0) is 54.1 Å². The molecule has 3 rings (SSSR count). The molecular formula is C19H16LiNO4S. The normalized spacial score (nSPS) is 10.1. The monoisotopic (exact) mass is 361 g/mol. The number of carbonyl (C=O) groups is 1. The van der Waals surface area contributed by atoms with Gasteiger partial charge in [0.1, 0.15) is 11.5 Å². The van der Waals surface area contributed by atoms with Crippen molar-refractivity contribution < 1.29 is 38.2 Å². The summed E-state index contributed by atoms with van der Waals surface area (Å²) in [4.78, 5) is 16.4. The Bertz CT molecular complexity index is 811. The minimum atomic E-state index is -1.14. The van der Waals surface area contributed by atoms with E-state index in [-0.39, 0.29) is 25.3 Å². The van der Waals surface area contributed by atoms with Crippen molar-refractivity contribution in [3.63, 3.8) is 0 Å². The van der Waals surface area contributed by atoms with Crippen LogP contribution in [0.3, 0.4) is 0 Å². The predicted octanol–water partition coefficient (Wildman–Crippen LogP) is -0.209. The third-order valence-corrected chi connectivity index (χ3v) is 4.79. The van der Waals surface area contributed by atoms with E-state index in [1.807, 2.05) is 48.5 Å². The van der Waals surface area contributed by atoms with Gasteiger partial charge in [0.15, 0.2) is 0 Å². The Kier molecular flexibility index (Phi) is 6.87. The van der Waals surface area contributed by atoms with E-state index in [1.54, 1.807) is 14.2 Å². The van der Waals surface area contributed by atoms with Crippen LogP contribution in [0.1, 0.15) is 5.01 Å². The number of methoxy groups -OCH3 is 2. The summed E-state index contributed by atoms with van der Waals surface area (Å²) in [7, 11) is 3.22. The van der Waals surface area contributed by atoms with Crippen LogP contribution in [-0.2, 0) is 11.2 Å². The van der Waals surface area contributed by atoms with Gasteiger partial charge in [-0.2, -0.15) is 0 Å². The molecule has 0 atom stereocenters. The van der Waals surface area contributed by atoms with Crippen LogP contribution in [0.4, 0.5) is 0 Å². The van der Waals surface area contributed by atoms with Gasteiger partial charge in [-0.15, -0.1) is 11.3 Å². The quantitative estimate of drug-likeness (QED) is 0.568. The Morgan fingerprint density at radius 2 is 1.46 bits per heavy atom. The number of ether oxygens (including phenoxy) is 2. The number of carbonyl (C=O) groups excluding carboxylic acids is 1. The number of thiazole rings is 1. The molecule has 5 nitrogen and oxygen atoms in total. The zero-order chi connectivity index (χ0) is 17.8. The molecule has 128 valence electrons. The number of carboxylic acid groups (broad SMARTS) is 1. The zero-order valence-corrected chi connectivity index (χ0v) is 15.6. The minimum absolute atomic E-state index is 0. The molecule has 0 unspecified atom stereocenters. The van der Waals surface area contributed by atoms with E-state index < -0.39 is 5.97 Å². The first-order valence-corrected chi connectivity index (χ1v) is 8.40. The number of carboxylic acids is 1. The average molecular weight is 361 g/mol. The van der Waals surface area contributed by atoms with Crippen LogP contribution in [-0.4, -0.2) is 25.2 Å². The van der Waals surface area contributed by atoms with Crippen molar-refractivity contribution in [2.45, 2.75) is 6.42 Å². The molecule has 0 aliphatic carbocycles. The van der Waals surface area contributed by atoms with E-state index in [2.05, 4.69) is 4.98 Å². The van der Waals surface area contributed by atoms with Gasteiger partial charge in [0.05, 0.1) is 29.8 Å². The van der Waals surface area contributed by atoms with Gasteiger partial charge >= 0.3 is 18.9 Å². The second-order valence-electron chi connectivity index (χ2n) is 5.29. The Morgan fingerprint density at radius 1 is 0.962 bits per heavy atom. The predicted molar refractivity (Wildman–Crippen MR) is 94.8 cm³/mol. The number of nitrogens with zero attached hydrogens (tertiary/aromatic N) is 1. The third kappa shape index (κ3) is 4.47. The summed E-state index contributed by atoms with van der Waals surface area (Å²) < 4.78 is 10.4. The fourth-order valence-electron chi connectivity index (χ4n) is 2.45. The molecule has 1 heterocycles. The van der Waals surface area contributed by atoms with Gasteiger partial charge in [0, 0.05) is 18.0 Å². The van der Waals surface area contributed by atoms with Crippen LogP contribution in [0, 0.1) is 0 Å². The fraction of sp³-hybridized carbons (Fsp3) is 0.158. The molecule has 0 fully saturated rings. The summed E-state index contributed by atoms with van der Waals surface area (Å²) in [5.74, 6) is 0.366. The Balaban J connectivity index is 0.00000243. The second-order valence-corrected chi connectivity index (χ2v) is 6.37. The molecule has 0 aliphatic heterocycles. The Labute approximate surface area is 167 Å². The molecule has 26 heavy (non-hydrogen) atoms. The van der Waals surface area contributed by atoms with Crippen LogP contribution in [0.5, 0.6) is 11.5 Å². The molecular weight excluding hydrogens is 345 g/mol. The number of rotatable bonds is 6. The number of aromatic nitrogens is 1. The van der Waals surface area contributed by atoms with E-state index >= 15 is 0 Å². The van der Waals surface area contributed by atoms with Gasteiger partial charge in [-0.1, -0.05) is 0 Å². The standard InChI is InChI=1S/C19H17NO4S.Li/c1-23-14-7-3-12(4-8-14)18-19(25-16(20-18)11-17(21)22)13-5-9-15(24-2)10-6-13;/h3-10H,11H2,1-2H3,(H,21,22);/q;+1/p-1. The maximum atomic E-state index is 11.0. The maximum absolute atomic E-state index is 11.0. The maximum Gasteiger partial charge on any atom is 1.00 e. The van der Waals surface area contributed by atoms with Crippen molar-refractivity contribution in [3.05, 3.63) is 53.5 Å². The summed E-state index contributed by atoms with van der Waals surface area (Å²) in [6, 6.07) is 15.1. The van der Waals surface area contributed by atoms with Gasteiger partial charge in [-0.25, -0.2) is 4.98 Å². The molecule has 0 saturated carbocycles. The topological polar surface area (TPSA) is 71.5 Å². The first kappa shape index (κ1) is 20.1. The number of aliphatic carboxylic acids is 1. The molecule has 2 aromatic carbocycles. The Morgan fingerprint density at radius 3 is 1.92 bits per heavy atom. The van der Waals surface area contributed by atoms with Crippen molar-refractivity contribution in [1.82, 2.24) is 4.98 Å². The molecule has 0 N–H and O–H groups in total. The smallest absolute Gasteiger partial charge is 0.550 e. The van der Waals surface area contributed by atoms with Crippen LogP contribution >= 0.6 is 11.3 Å². The first-order valence-electron chi connectivity index (χ1n) is 7.59. The largest absolute Gasteiger partial charge is 1.00 e. The zero-order valence-electron chi connectivity index (χ0n) is 14.8. The Hall–Kier alpha value is -2.26. The van der Waals surface area contributed by atoms with Gasteiger partial charge in [-0.3, -0.25) is 0 Å². The minimum Gasteiger partial charge on any atom is -0.550 e. The summed E-state index contributed by atoms with van der Waals surface area (Å²) >= 11 is 1.36. The summed E-state index contributed by atoms with van der Waals surface area (Å²) in [5.41, 5.74) is 2.59. The molecule has 0 amide bonds. The molecule has 3 aromatic rings. The van der Waals surface area contributed by atoms with E-state index in [9.17, 15) is 9.90 Å². The van der Waals surface area contributed by atoms with E-state index in [0.717, 1.165) is 33.2 Å². The van der Waals surface area contributed by atoms with E-state index in [1.165, 1.54) is 11.3 Å². The van der Waals surface area contributed by atoms with Crippen molar-refractivity contribution in [2.24, 2.45) is 0 Å². The van der Waals surface area contributed by atoms with Crippen molar-refractivity contribution in [3.8, 4) is 33.2 Å². The van der Waals surface area contributed by atoms with Crippen molar-refractivity contribution >= 4 is 17.3 Å². The van der Waals surface area contributed by atoms with Crippen LogP contribution < -0.4 is 33.4 Å². The van der Waals surface area contributed by atoms with E-state index in [0.29, 0.717) is 5.01 Å². The van der Waals surface area contributed by atoms with Crippen LogP contribution in [0.25, 0.3) is 21.7 Å². The fourth-order valence-corrected chi connectivity index (χ4v) is 3.52. The first-order chi connectivity index (χ1) is 12.1. The van der Waals surface area contributed by atoms with E-state index in [4.69, 9.17) is 9.47 Å². The van der Waals surface area contributed by atoms with Gasteiger partial charge < -0.3 is 19.4 Å². The third-order valence-electron chi connectivity index (χ3n) is 3.68. The number of benzene rings is 2. The summed E-state index contributed by atoms with van der Waals surface area (Å²) in [6.45, 7) is 0. The molecule has 0 radical (unpaired) electrons. The molecule has 0 saturated heterocycles. The summed E-state index contributed by atoms with van der Waals surface area (Å²) in [6.07, 6.45) is -0.204. The number of hydrogen-bond donors (Lipinski definition) is 0. The molecule has 0 spiro atoms. The van der Waals surface area contributed by atoms with Crippen LogP contribution in [0.2, 0.25) is 0 Å². The molecule has 0 aliphatic rings. The van der Waals surface area contributed by atoms with Crippen LogP contribution in [0.15, 0.2) is 48.5 Å². The summed E-state index contributed by atoms with van der Waals surface area (Å²) in [5, 5.41) is 11.5. The molecule has 1 aromatic heterocycles. The number of hydrogen-bond acceptors (Lipinski definition) is 6. The van der Waals surface area contributed by atoms with Gasteiger partial charge in [0.25, 0.3) is 0 Å². The second kappa shape index (κ2) is 8.90. The van der Waals surface area contributed by atoms with Crippen molar-refractivity contribution in [2.75, 3.05) is 14.2 Å². The van der Waals surface area contributed by atoms with Crippen molar-refractivity contribution in [1.29, 1.82) is 0 Å². The molecule has 7 heteroatoms. The SMILES string of the molecule is COc1ccc(-c2nc(CC(=O)[O-])sc2-c2ccc(OC)cc2)cc1.[Li+]. The molecule has 0 bridgehead atoms. The average Bonchev–Trinajstić information content (AvgIpc) is 3.05. The van der Waals surface area contributed by atoms with Gasteiger partial charge in [0.2, 0.25) is 0 Å².